The fraction of sp³-hybridized carbons (Fsp3) is 0.0833. The minimum Gasteiger partial charge on any atom is -0.486 e. The molecular weight excluding hydrogens is 398 g/mol. The highest BCUT2D eigenvalue weighted by Gasteiger charge is 2.24. The molecule has 1 aliphatic heterocycles. The maximum Gasteiger partial charge on any atom is 0.268 e. The molecule has 2 heterocycles. The number of ether oxygens (including phenoxy) is 2. The van der Waals surface area contributed by atoms with E-state index in [1.54, 1.807) is 24.3 Å². The first-order valence-corrected chi connectivity index (χ1v) is 11.1. The molecule has 5 aromatic rings. The first kappa shape index (κ1) is 17.4. The van der Waals surface area contributed by atoms with Crippen LogP contribution in [0.25, 0.3) is 32.6 Å². The molecule has 30 heavy (non-hydrogen) atoms. The predicted molar refractivity (Wildman–Crippen MR) is 117 cm³/mol. The zero-order valence-corrected chi connectivity index (χ0v) is 16.7. The second-order valence-corrected chi connectivity index (χ2v) is 9.10. The van der Waals surface area contributed by atoms with E-state index >= 15 is 0 Å². The van der Waals surface area contributed by atoms with Crippen LogP contribution in [-0.2, 0) is 10.0 Å². The molecule has 0 aliphatic carbocycles. The summed E-state index contributed by atoms with van der Waals surface area (Å²) in [4.78, 5) is 0.259. The highest BCUT2D eigenvalue weighted by atomic mass is 32.2. The Labute approximate surface area is 173 Å². The Hall–Kier alpha value is -3.51. The zero-order valence-electron chi connectivity index (χ0n) is 15.9. The molecule has 0 bridgehead atoms. The average molecular weight is 415 g/mol. The second-order valence-electron chi connectivity index (χ2n) is 7.31. The summed E-state index contributed by atoms with van der Waals surface area (Å²) >= 11 is 0. The van der Waals surface area contributed by atoms with Crippen LogP contribution in [0, 0.1) is 0 Å². The lowest BCUT2D eigenvalue weighted by Gasteiger charge is -2.19. The van der Waals surface area contributed by atoms with Crippen molar-refractivity contribution in [2.75, 3.05) is 13.2 Å². The third kappa shape index (κ3) is 2.44. The Balaban J connectivity index is 1.74. The van der Waals surface area contributed by atoms with Gasteiger partial charge in [0.15, 0.2) is 11.5 Å². The normalized spacial score (nSPS) is 13.9. The van der Waals surface area contributed by atoms with Crippen LogP contribution in [0.4, 0.5) is 0 Å². The molecule has 0 unspecified atom stereocenters. The summed E-state index contributed by atoms with van der Waals surface area (Å²) < 4.78 is 40.1. The highest BCUT2D eigenvalue weighted by molar-refractivity contribution is 7.90. The molecule has 0 atom stereocenters. The van der Waals surface area contributed by atoms with Gasteiger partial charge < -0.3 is 9.47 Å². The third-order valence-electron chi connectivity index (χ3n) is 5.53. The van der Waals surface area contributed by atoms with Crippen LogP contribution in [0.3, 0.4) is 0 Å². The lowest BCUT2D eigenvalue weighted by molar-refractivity contribution is 0.172. The van der Waals surface area contributed by atoms with E-state index in [0.29, 0.717) is 35.7 Å². The predicted octanol–water partition coefficient (Wildman–Crippen LogP) is 4.96. The van der Waals surface area contributed by atoms with Crippen molar-refractivity contribution < 1.29 is 17.9 Å². The van der Waals surface area contributed by atoms with Gasteiger partial charge in [0.2, 0.25) is 0 Å². The maximum atomic E-state index is 13.6. The van der Waals surface area contributed by atoms with Crippen LogP contribution >= 0.6 is 0 Å². The Bertz CT molecular complexity index is 1550. The van der Waals surface area contributed by atoms with Gasteiger partial charge in [0, 0.05) is 10.8 Å². The van der Waals surface area contributed by atoms with Crippen LogP contribution in [0.15, 0.2) is 83.8 Å². The molecule has 0 N–H and O–H groups in total. The van der Waals surface area contributed by atoms with Gasteiger partial charge in [0.1, 0.15) is 13.2 Å². The summed E-state index contributed by atoms with van der Waals surface area (Å²) in [7, 11) is -3.77. The smallest absolute Gasteiger partial charge is 0.268 e. The number of rotatable bonds is 2. The van der Waals surface area contributed by atoms with Crippen molar-refractivity contribution in [3.8, 4) is 11.5 Å². The Morgan fingerprint density at radius 3 is 2.03 bits per heavy atom. The molecule has 4 aromatic carbocycles. The zero-order chi connectivity index (χ0) is 20.3. The molecule has 6 heteroatoms. The topological polar surface area (TPSA) is 57.5 Å². The second kappa shape index (κ2) is 6.24. The van der Waals surface area contributed by atoms with Gasteiger partial charge in [-0.1, -0.05) is 36.4 Å². The Morgan fingerprint density at radius 2 is 1.30 bits per heavy atom. The van der Waals surface area contributed by atoms with Gasteiger partial charge in [-0.05, 0) is 53.2 Å². The van der Waals surface area contributed by atoms with Crippen LogP contribution < -0.4 is 9.47 Å². The summed E-state index contributed by atoms with van der Waals surface area (Å²) in [5, 5.41) is 3.66. The van der Waals surface area contributed by atoms with Crippen LogP contribution in [-0.4, -0.2) is 25.6 Å². The SMILES string of the molecule is O=S(=O)(c1ccccc1)n1c2ccccc2c2cc3cc4c(cc3cc21)OCCO4. The number of fused-ring (bicyclic) bond motifs is 5. The minimum atomic E-state index is -3.77. The monoisotopic (exact) mass is 415 g/mol. The van der Waals surface area contributed by atoms with E-state index in [9.17, 15) is 8.42 Å². The van der Waals surface area contributed by atoms with Crippen molar-refractivity contribution in [3.63, 3.8) is 0 Å². The molecule has 0 fully saturated rings. The fourth-order valence-corrected chi connectivity index (χ4v) is 5.71. The van der Waals surface area contributed by atoms with Gasteiger partial charge in [-0.2, -0.15) is 0 Å². The summed E-state index contributed by atoms with van der Waals surface area (Å²) in [5.41, 5.74) is 1.30. The molecule has 0 saturated heterocycles. The molecule has 1 aliphatic rings. The molecule has 5 nitrogen and oxygen atoms in total. The first-order valence-electron chi connectivity index (χ1n) is 9.70. The van der Waals surface area contributed by atoms with E-state index < -0.39 is 10.0 Å². The summed E-state index contributed by atoms with van der Waals surface area (Å²) in [6, 6.07) is 23.9. The fourth-order valence-electron chi connectivity index (χ4n) is 4.17. The summed E-state index contributed by atoms with van der Waals surface area (Å²) in [6.07, 6.45) is 0. The molecule has 0 radical (unpaired) electrons. The van der Waals surface area contributed by atoms with Gasteiger partial charge in [-0.25, -0.2) is 12.4 Å². The van der Waals surface area contributed by atoms with Gasteiger partial charge >= 0.3 is 0 Å². The number of benzene rings is 4. The molecule has 148 valence electrons. The van der Waals surface area contributed by atoms with E-state index in [1.807, 2.05) is 54.6 Å². The maximum absolute atomic E-state index is 13.6. The number of aromatic nitrogens is 1. The number of hydrogen-bond acceptors (Lipinski definition) is 4. The van der Waals surface area contributed by atoms with Gasteiger partial charge in [0.05, 0.1) is 15.9 Å². The minimum absolute atomic E-state index is 0.259. The molecule has 0 saturated carbocycles. The van der Waals surface area contributed by atoms with Gasteiger partial charge in [0.25, 0.3) is 10.0 Å². The third-order valence-corrected chi connectivity index (χ3v) is 7.27. The largest absolute Gasteiger partial charge is 0.486 e. The molecule has 6 rings (SSSR count). The Kier molecular flexibility index (Phi) is 3.61. The number of hydrogen-bond donors (Lipinski definition) is 0. The summed E-state index contributed by atoms with van der Waals surface area (Å²) in [5.74, 6) is 1.40. The van der Waals surface area contributed by atoms with E-state index in [2.05, 4.69) is 0 Å². The van der Waals surface area contributed by atoms with Gasteiger partial charge in [-0.3, -0.25) is 0 Å². The van der Waals surface area contributed by atoms with Crippen molar-refractivity contribution in [1.82, 2.24) is 3.97 Å². The number of nitrogens with zero attached hydrogens (tertiary/aromatic N) is 1. The van der Waals surface area contributed by atoms with Crippen LogP contribution in [0.5, 0.6) is 11.5 Å². The standard InChI is InChI=1S/C24H17NO4S/c26-30(27,18-6-2-1-3-7-18)25-21-9-5-4-8-19(21)20-12-16-14-23-24(29-11-10-28-23)15-17(16)13-22(20)25/h1-9,12-15H,10-11H2. The lowest BCUT2D eigenvalue weighted by Crippen LogP contribution is -2.15. The number of para-hydroxylation sites is 1. The van der Waals surface area contributed by atoms with Crippen molar-refractivity contribution >= 4 is 42.6 Å². The summed E-state index contributed by atoms with van der Waals surface area (Å²) in [6.45, 7) is 1.03. The first-order chi connectivity index (χ1) is 14.6. The quantitative estimate of drug-likeness (QED) is 0.409. The van der Waals surface area contributed by atoms with Crippen molar-refractivity contribution in [2.24, 2.45) is 0 Å². The highest BCUT2D eigenvalue weighted by Crippen LogP contribution is 2.39. The van der Waals surface area contributed by atoms with Crippen molar-refractivity contribution in [3.05, 3.63) is 78.9 Å². The van der Waals surface area contributed by atoms with E-state index in [0.717, 1.165) is 21.5 Å². The van der Waals surface area contributed by atoms with E-state index in [4.69, 9.17) is 9.47 Å². The average Bonchev–Trinajstić information content (AvgIpc) is 3.10. The van der Waals surface area contributed by atoms with E-state index in [-0.39, 0.29) is 4.90 Å². The lowest BCUT2D eigenvalue weighted by atomic mass is 10.1. The molecule has 1 aromatic heterocycles. The molecular formula is C24H17NO4S. The molecule has 0 amide bonds. The van der Waals surface area contributed by atoms with Crippen molar-refractivity contribution in [2.45, 2.75) is 4.90 Å². The van der Waals surface area contributed by atoms with Crippen LogP contribution in [0.1, 0.15) is 0 Å². The Morgan fingerprint density at radius 1 is 0.667 bits per heavy atom. The van der Waals surface area contributed by atoms with Crippen molar-refractivity contribution in [1.29, 1.82) is 0 Å². The van der Waals surface area contributed by atoms with Crippen LogP contribution in [0.2, 0.25) is 0 Å². The molecule has 0 spiro atoms. The van der Waals surface area contributed by atoms with E-state index in [1.165, 1.54) is 3.97 Å². The van der Waals surface area contributed by atoms with Gasteiger partial charge in [-0.15, -0.1) is 0 Å².